The molecule has 2 unspecified atom stereocenters. The normalized spacial score (nSPS) is 13.0. The van der Waals surface area contributed by atoms with Crippen molar-refractivity contribution in [1.82, 2.24) is 10.3 Å². The molecule has 4 nitrogen and oxygen atoms in total. The van der Waals surface area contributed by atoms with Gasteiger partial charge in [0.2, 0.25) is 0 Å². The number of hydrogen-bond acceptors (Lipinski definition) is 4. The van der Waals surface area contributed by atoms with Crippen molar-refractivity contribution in [3.05, 3.63) is 98.5 Å². The van der Waals surface area contributed by atoms with Gasteiger partial charge in [-0.3, -0.25) is 10.3 Å². The van der Waals surface area contributed by atoms with Crippen LogP contribution in [0.1, 0.15) is 40.2 Å². The first kappa shape index (κ1) is 20.2. The largest absolute Gasteiger partial charge is 0.374 e. The molecule has 28 heavy (non-hydrogen) atoms. The average molecular weight is 416 g/mol. The number of pyridine rings is 1. The molecule has 7 heteroatoms. The number of nitrogens with one attached hydrogen (secondary N) is 1. The summed E-state index contributed by atoms with van der Waals surface area (Å²) in [5, 5.41) is 23.5. The Bertz CT molecular complexity index is 1030. The summed E-state index contributed by atoms with van der Waals surface area (Å²) in [7, 11) is 0. The monoisotopic (exact) mass is 415 g/mol. The summed E-state index contributed by atoms with van der Waals surface area (Å²) in [6.45, 7) is 1.78. The van der Waals surface area contributed by atoms with Gasteiger partial charge >= 0.3 is 0 Å². The zero-order chi connectivity index (χ0) is 20.3. The van der Waals surface area contributed by atoms with E-state index in [1.165, 1.54) is 12.3 Å². The van der Waals surface area contributed by atoms with E-state index in [0.29, 0.717) is 21.7 Å². The topological polar surface area (TPSA) is 68.9 Å². The molecule has 3 rings (SSSR count). The lowest BCUT2D eigenvalue weighted by atomic mass is 10.0. The molecule has 3 aromatic rings. The van der Waals surface area contributed by atoms with E-state index in [4.69, 9.17) is 28.5 Å². The fraction of sp³-hybridized carbons (Fsp3) is 0.143. The molecule has 0 aliphatic carbocycles. The van der Waals surface area contributed by atoms with Crippen LogP contribution in [0.2, 0.25) is 10.0 Å². The summed E-state index contributed by atoms with van der Waals surface area (Å²) in [5.41, 5.74) is 2.57. The minimum absolute atomic E-state index is 0.0936. The highest BCUT2D eigenvalue weighted by Crippen LogP contribution is 2.28. The van der Waals surface area contributed by atoms with Crippen molar-refractivity contribution in [2.75, 3.05) is 0 Å². The van der Waals surface area contributed by atoms with Gasteiger partial charge in [-0.15, -0.1) is 0 Å². The molecule has 0 spiro atoms. The average Bonchev–Trinajstić information content (AvgIpc) is 2.67. The number of aromatic nitrogens is 1. The summed E-state index contributed by atoms with van der Waals surface area (Å²) in [6, 6.07) is 14.3. The third-order valence-corrected chi connectivity index (χ3v) is 4.78. The number of aryl methyl sites for hydroxylation is 1. The number of hydrogen-bond donors (Lipinski definition) is 2. The molecule has 1 aromatic heterocycles. The van der Waals surface area contributed by atoms with Crippen LogP contribution in [-0.4, -0.2) is 10.1 Å². The van der Waals surface area contributed by atoms with Crippen molar-refractivity contribution >= 4 is 23.2 Å². The zero-order valence-electron chi connectivity index (χ0n) is 14.8. The molecule has 2 aromatic carbocycles. The maximum absolute atomic E-state index is 14.6. The Morgan fingerprint density at radius 2 is 1.75 bits per heavy atom. The summed E-state index contributed by atoms with van der Waals surface area (Å²) in [4.78, 5) is 4.11. The maximum Gasteiger partial charge on any atom is 0.148 e. The van der Waals surface area contributed by atoms with Gasteiger partial charge < -0.3 is 5.11 Å². The molecule has 0 saturated heterocycles. The molecule has 0 fully saturated rings. The second-order valence-electron chi connectivity index (χ2n) is 6.26. The van der Waals surface area contributed by atoms with Crippen LogP contribution in [0, 0.1) is 24.1 Å². The van der Waals surface area contributed by atoms with E-state index in [0.717, 1.165) is 5.56 Å². The highest BCUT2D eigenvalue weighted by molar-refractivity contribution is 6.30. The van der Waals surface area contributed by atoms with E-state index in [-0.39, 0.29) is 10.7 Å². The number of aliphatic hydroxyl groups excluding tert-OH is 1. The van der Waals surface area contributed by atoms with Gasteiger partial charge in [0, 0.05) is 11.2 Å². The summed E-state index contributed by atoms with van der Waals surface area (Å²) in [5.74, 6) is -0.594. The third-order valence-electron chi connectivity index (χ3n) is 4.32. The molecule has 1 heterocycles. The zero-order valence-corrected chi connectivity index (χ0v) is 16.3. The molecule has 2 atom stereocenters. The van der Waals surface area contributed by atoms with Gasteiger partial charge in [0.05, 0.1) is 28.4 Å². The lowest BCUT2D eigenvalue weighted by molar-refractivity contribution is 0.128. The smallest absolute Gasteiger partial charge is 0.148 e. The second kappa shape index (κ2) is 8.68. The standard InChI is InChI=1S/C21H16Cl2FN3O/c1-12-8-14(2-3-15(12)10-25)21(28)27-19(13-4-6-16(22)7-5-13)20-18(24)9-17(23)11-26-20/h2-9,11,19,21,27-28H,1H3. The van der Waals surface area contributed by atoms with Crippen molar-refractivity contribution in [3.63, 3.8) is 0 Å². The highest BCUT2D eigenvalue weighted by atomic mass is 35.5. The van der Waals surface area contributed by atoms with Gasteiger partial charge in [0.25, 0.3) is 0 Å². The maximum atomic E-state index is 14.6. The summed E-state index contributed by atoms with van der Waals surface area (Å²) < 4.78 is 14.6. The van der Waals surface area contributed by atoms with Gasteiger partial charge in [-0.25, -0.2) is 4.39 Å². The number of nitrogens with zero attached hydrogens (tertiary/aromatic N) is 2. The third kappa shape index (κ3) is 4.49. The Balaban J connectivity index is 1.98. The minimum Gasteiger partial charge on any atom is -0.374 e. The van der Waals surface area contributed by atoms with Crippen LogP contribution in [0.4, 0.5) is 4.39 Å². The Morgan fingerprint density at radius 1 is 1.07 bits per heavy atom. The van der Waals surface area contributed by atoms with Crippen molar-refractivity contribution in [1.29, 1.82) is 5.26 Å². The number of rotatable bonds is 5. The fourth-order valence-corrected chi connectivity index (χ4v) is 3.13. The van der Waals surface area contributed by atoms with Crippen LogP contribution in [0.5, 0.6) is 0 Å². The van der Waals surface area contributed by atoms with Gasteiger partial charge in [-0.05, 0) is 47.9 Å². The molecule has 2 N–H and O–H groups in total. The van der Waals surface area contributed by atoms with Crippen molar-refractivity contribution in [3.8, 4) is 6.07 Å². The molecule has 0 radical (unpaired) electrons. The summed E-state index contributed by atoms with van der Waals surface area (Å²) >= 11 is 11.8. The SMILES string of the molecule is Cc1cc(C(O)NC(c2ccc(Cl)cc2)c2ncc(Cl)cc2F)ccc1C#N. The van der Waals surface area contributed by atoms with Crippen molar-refractivity contribution < 1.29 is 9.50 Å². The van der Waals surface area contributed by atoms with E-state index < -0.39 is 18.1 Å². The lowest BCUT2D eigenvalue weighted by Gasteiger charge is -2.24. The number of nitriles is 1. The van der Waals surface area contributed by atoms with E-state index in [1.54, 1.807) is 49.4 Å². The quantitative estimate of drug-likeness (QED) is 0.570. The van der Waals surface area contributed by atoms with Crippen LogP contribution in [0.25, 0.3) is 0 Å². The van der Waals surface area contributed by atoms with E-state index in [1.807, 2.05) is 0 Å². The Labute approximate surface area is 172 Å². The molecule has 0 bridgehead atoms. The van der Waals surface area contributed by atoms with Gasteiger partial charge in [0.15, 0.2) is 0 Å². The number of halogens is 3. The summed E-state index contributed by atoms with van der Waals surface area (Å²) in [6.07, 6.45) is 0.229. The first-order valence-corrected chi connectivity index (χ1v) is 9.16. The lowest BCUT2D eigenvalue weighted by Crippen LogP contribution is -2.28. The molecule has 0 aliphatic rings. The highest BCUT2D eigenvalue weighted by Gasteiger charge is 2.23. The second-order valence-corrected chi connectivity index (χ2v) is 7.13. The molecular weight excluding hydrogens is 400 g/mol. The van der Waals surface area contributed by atoms with Gasteiger partial charge in [0.1, 0.15) is 12.0 Å². The first-order valence-electron chi connectivity index (χ1n) is 8.40. The predicted octanol–water partition coefficient (Wildman–Crippen LogP) is 5.08. The van der Waals surface area contributed by atoms with Crippen molar-refractivity contribution in [2.24, 2.45) is 0 Å². The van der Waals surface area contributed by atoms with Crippen LogP contribution < -0.4 is 5.32 Å². The Morgan fingerprint density at radius 3 is 2.36 bits per heavy atom. The van der Waals surface area contributed by atoms with Gasteiger partial charge in [-0.2, -0.15) is 5.26 Å². The number of benzene rings is 2. The molecule has 0 saturated carbocycles. The Kier molecular flexibility index (Phi) is 6.28. The molecular formula is C21H16Cl2FN3O. The van der Waals surface area contributed by atoms with Crippen molar-refractivity contribution in [2.45, 2.75) is 19.2 Å². The van der Waals surface area contributed by atoms with E-state index in [9.17, 15) is 9.50 Å². The van der Waals surface area contributed by atoms with Gasteiger partial charge in [-0.1, -0.05) is 47.5 Å². The van der Waals surface area contributed by atoms with Crippen LogP contribution >= 0.6 is 23.2 Å². The molecule has 0 amide bonds. The molecule has 0 aliphatic heterocycles. The van der Waals surface area contributed by atoms with E-state index in [2.05, 4.69) is 16.4 Å². The Hall–Kier alpha value is -2.49. The predicted molar refractivity (Wildman–Crippen MR) is 106 cm³/mol. The molecule has 142 valence electrons. The first-order chi connectivity index (χ1) is 13.4. The fourth-order valence-electron chi connectivity index (χ4n) is 2.86. The number of aliphatic hydroxyl groups is 1. The minimum atomic E-state index is -1.12. The van der Waals surface area contributed by atoms with Crippen LogP contribution in [0.15, 0.2) is 54.7 Å². The van der Waals surface area contributed by atoms with Crippen LogP contribution in [-0.2, 0) is 0 Å². The van der Waals surface area contributed by atoms with E-state index >= 15 is 0 Å². The van der Waals surface area contributed by atoms with Crippen LogP contribution in [0.3, 0.4) is 0 Å².